The van der Waals surface area contributed by atoms with Gasteiger partial charge in [0, 0.05) is 12.6 Å². The SMILES string of the molecule is c1ccc(CCc2noc(CN3CCCCC3c3ccccn3)n2)cc1. The third kappa shape index (κ3) is 4.17. The lowest BCUT2D eigenvalue weighted by Gasteiger charge is -2.34. The molecule has 0 aliphatic carbocycles. The fourth-order valence-corrected chi connectivity index (χ4v) is 3.62. The summed E-state index contributed by atoms with van der Waals surface area (Å²) in [6.07, 6.45) is 7.18. The van der Waals surface area contributed by atoms with E-state index in [1.807, 2.05) is 18.3 Å². The van der Waals surface area contributed by atoms with Crippen LogP contribution in [0.1, 0.15) is 48.3 Å². The molecule has 5 heteroatoms. The highest BCUT2D eigenvalue weighted by molar-refractivity contribution is 5.15. The number of aryl methyl sites for hydroxylation is 2. The molecule has 1 aliphatic rings. The maximum atomic E-state index is 5.52. The van der Waals surface area contributed by atoms with Crippen molar-refractivity contribution in [3.63, 3.8) is 0 Å². The van der Waals surface area contributed by atoms with Gasteiger partial charge >= 0.3 is 0 Å². The Balaban J connectivity index is 1.39. The van der Waals surface area contributed by atoms with Crippen LogP contribution in [0.2, 0.25) is 0 Å². The largest absolute Gasteiger partial charge is 0.338 e. The fraction of sp³-hybridized carbons (Fsp3) is 0.381. The first-order valence-corrected chi connectivity index (χ1v) is 9.39. The Morgan fingerprint density at radius 2 is 1.88 bits per heavy atom. The van der Waals surface area contributed by atoms with Gasteiger partial charge in [0.15, 0.2) is 5.82 Å². The van der Waals surface area contributed by atoms with Gasteiger partial charge in [-0.3, -0.25) is 9.88 Å². The first kappa shape index (κ1) is 16.9. The smallest absolute Gasteiger partial charge is 0.240 e. The second-order valence-electron chi connectivity index (χ2n) is 6.83. The quantitative estimate of drug-likeness (QED) is 0.674. The number of hydrogen-bond acceptors (Lipinski definition) is 5. The summed E-state index contributed by atoms with van der Waals surface area (Å²) in [5.74, 6) is 1.49. The number of hydrogen-bond donors (Lipinski definition) is 0. The molecule has 0 saturated carbocycles. The average molecular weight is 348 g/mol. The molecule has 1 unspecified atom stereocenters. The van der Waals surface area contributed by atoms with Crippen LogP contribution < -0.4 is 0 Å². The van der Waals surface area contributed by atoms with E-state index in [1.54, 1.807) is 0 Å². The van der Waals surface area contributed by atoms with Crippen molar-refractivity contribution in [2.45, 2.75) is 44.7 Å². The van der Waals surface area contributed by atoms with Crippen LogP contribution in [0.15, 0.2) is 59.3 Å². The molecule has 5 nitrogen and oxygen atoms in total. The van der Waals surface area contributed by atoms with Crippen molar-refractivity contribution < 1.29 is 4.52 Å². The van der Waals surface area contributed by atoms with E-state index in [0.717, 1.165) is 37.3 Å². The lowest BCUT2D eigenvalue weighted by molar-refractivity contribution is 0.121. The van der Waals surface area contributed by atoms with Gasteiger partial charge < -0.3 is 4.52 Å². The molecule has 0 spiro atoms. The van der Waals surface area contributed by atoms with Crippen LogP contribution in [0.4, 0.5) is 0 Å². The fourth-order valence-electron chi connectivity index (χ4n) is 3.62. The normalized spacial score (nSPS) is 18.1. The Hall–Kier alpha value is -2.53. The molecular weight excluding hydrogens is 324 g/mol. The molecule has 26 heavy (non-hydrogen) atoms. The monoisotopic (exact) mass is 348 g/mol. The molecule has 2 aromatic heterocycles. The van der Waals surface area contributed by atoms with Gasteiger partial charge in [-0.15, -0.1) is 0 Å². The molecule has 1 aromatic carbocycles. The molecule has 0 radical (unpaired) electrons. The second kappa shape index (κ2) is 8.23. The molecule has 0 amide bonds. The Kier molecular flexibility index (Phi) is 5.36. The molecule has 0 bridgehead atoms. The molecule has 3 aromatic rings. The van der Waals surface area contributed by atoms with Crippen molar-refractivity contribution in [2.24, 2.45) is 0 Å². The first-order chi connectivity index (χ1) is 12.9. The van der Waals surface area contributed by atoms with Crippen molar-refractivity contribution in [3.05, 3.63) is 77.7 Å². The number of likely N-dealkylation sites (tertiary alicyclic amines) is 1. The minimum atomic E-state index is 0.338. The Morgan fingerprint density at radius 1 is 1.00 bits per heavy atom. The summed E-state index contributed by atoms with van der Waals surface area (Å²) in [5.41, 5.74) is 2.43. The van der Waals surface area contributed by atoms with Gasteiger partial charge in [-0.1, -0.05) is 48.0 Å². The lowest BCUT2D eigenvalue weighted by Crippen LogP contribution is -2.33. The van der Waals surface area contributed by atoms with Crippen LogP contribution in [0.3, 0.4) is 0 Å². The van der Waals surface area contributed by atoms with Gasteiger partial charge in [0.05, 0.1) is 18.3 Å². The van der Waals surface area contributed by atoms with Gasteiger partial charge in [-0.2, -0.15) is 4.98 Å². The zero-order valence-electron chi connectivity index (χ0n) is 14.9. The van der Waals surface area contributed by atoms with E-state index in [2.05, 4.69) is 56.4 Å². The molecule has 134 valence electrons. The molecule has 4 rings (SSSR count). The number of aromatic nitrogens is 3. The van der Waals surface area contributed by atoms with Crippen molar-refractivity contribution in [1.82, 2.24) is 20.0 Å². The summed E-state index contributed by atoms with van der Waals surface area (Å²) >= 11 is 0. The molecule has 1 aliphatic heterocycles. The summed E-state index contributed by atoms with van der Waals surface area (Å²) in [4.78, 5) is 11.6. The minimum Gasteiger partial charge on any atom is -0.338 e. The van der Waals surface area contributed by atoms with E-state index in [4.69, 9.17) is 4.52 Å². The molecule has 1 atom stereocenters. The number of benzene rings is 1. The summed E-state index contributed by atoms with van der Waals surface area (Å²) < 4.78 is 5.52. The average Bonchev–Trinajstić information content (AvgIpc) is 3.16. The van der Waals surface area contributed by atoms with Crippen LogP contribution in [0.25, 0.3) is 0 Å². The van der Waals surface area contributed by atoms with Gasteiger partial charge in [0.1, 0.15) is 0 Å². The van der Waals surface area contributed by atoms with Crippen LogP contribution in [0.5, 0.6) is 0 Å². The Morgan fingerprint density at radius 3 is 2.73 bits per heavy atom. The predicted octanol–water partition coefficient (Wildman–Crippen LogP) is 3.98. The number of piperidine rings is 1. The lowest BCUT2D eigenvalue weighted by atomic mass is 9.99. The van der Waals surface area contributed by atoms with Crippen LogP contribution in [-0.4, -0.2) is 26.6 Å². The summed E-state index contributed by atoms with van der Waals surface area (Å²) in [6, 6.07) is 16.9. The standard InChI is InChI=1S/C21H24N4O/c1-2-8-17(9-3-1)12-13-20-23-21(26-24-20)16-25-15-7-5-11-19(25)18-10-4-6-14-22-18/h1-4,6,8-10,14,19H,5,7,11-13,15-16H2. The molecule has 3 heterocycles. The van der Waals surface area contributed by atoms with E-state index in [9.17, 15) is 0 Å². The summed E-state index contributed by atoms with van der Waals surface area (Å²) in [7, 11) is 0. The van der Waals surface area contributed by atoms with Crippen molar-refractivity contribution in [3.8, 4) is 0 Å². The van der Waals surface area contributed by atoms with Gasteiger partial charge in [0.2, 0.25) is 5.89 Å². The van der Waals surface area contributed by atoms with E-state index in [0.29, 0.717) is 18.5 Å². The predicted molar refractivity (Wildman–Crippen MR) is 99.4 cm³/mol. The van der Waals surface area contributed by atoms with E-state index >= 15 is 0 Å². The molecule has 1 fully saturated rings. The van der Waals surface area contributed by atoms with Crippen LogP contribution in [0, 0.1) is 0 Å². The van der Waals surface area contributed by atoms with Crippen molar-refractivity contribution >= 4 is 0 Å². The highest BCUT2D eigenvalue weighted by Gasteiger charge is 2.26. The zero-order chi connectivity index (χ0) is 17.6. The van der Waals surface area contributed by atoms with Crippen LogP contribution >= 0.6 is 0 Å². The zero-order valence-corrected chi connectivity index (χ0v) is 14.9. The van der Waals surface area contributed by atoms with E-state index < -0.39 is 0 Å². The van der Waals surface area contributed by atoms with Crippen molar-refractivity contribution in [2.75, 3.05) is 6.54 Å². The number of pyridine rings is 1. The summed E-state index contributed by atoms with van der Waals surface area (Å²) in [5, 5.41) is 4.17. The Bertz CT molecular complexity index is 803. The Labute approximate surface area is 154 Å². The molecule has 1 saturated heterocycles. The summed E-state index contributed by atoms with van der Waals surface area (Å²) in [6.45, 7) is 1.74. The second-order valence-corrected chi connectivity index (χ2v) is 6.83. The van der Waals surface area contributed by atoms with Gasteiger partial charge in [0.25, 0.3) is 0 Å². The van der Waals surface area contributed by atoms with E-state index in [-0.39, 0.29) is 0 Å². The highest BCUT2D eigenvalue weighted by atomic mass is 16.5. The van der Waals surface area contributed by atoms with Gasteiger partial charge in [-0.25, -0.2) is 0 Å². The molecular formula is C21H24N4O. The minimum absolute atomic E-state index is 0.338. The third-order valence-electron chi connectivity index (χ3n) is 4.97. The topological polar surface area (TPSA) is 55.1 Å². The van der Waals surface area contributed by atoms with Gasteiger partial charge in [-0.05, 0) is 43.5 Å². The molecule has 0 N–H and O–H groups in total. The van der Waals surface area contributed by atoms with E-state index in [1.165, 1.54) is 18.4 Å². The third-order valence-corrected chi connectivity index (χ3v) is 4.97. The number of rotatable bonds is 6. The first-order valence-electron chi connectivity index (χ1n) is 9.39. The highest BCUT2D eigenvalue weighted by Crippen LogP contribution is 2.30. The van der Waals surface area contributed by atoms with Crippen LogP contribution in [-0.2, 0) is 19.4 Å². The number of nitrogens with zero attached hydrogens (tertiary/aromatic N) is 4. The van der Waals surface area contributed by atoms with Crippen molar-refractivity contribution in [1.29, 1.82) is 0 Å². The maximum Gasteiger partial charge on any atom is 0.240 e. The maximum absolute atomic E-state index is 5.52.